The molecule has 1 atom stereocenters. The lowest BCUT2D eigenvalue weighted by Gasteiger charge is -2.32. The Morgan fingerprint density at radius 3 is 2.94 bits per heavy atom. The van der Waals surface area contributed by atoms with Crippen LogP contribution in [0.25, 0.3) is 0 Å². The van der Waals surface area contributed by atoms with Crippen LogP contribution in [0.2, 0.25) is 0 Å². The SMILES string of the molecule is C=CCCN1C(=O)C(C)Sc2cc(C=O)ccc21. The van der Waals surface area contributed by atoms with E-state index in [1.54, 1.807) is 17.0 Å². The van der Waals surface area contributed by atoms with E-state index in [0.29, 0.717) is 12.1 Å². The summed E-state index contributed by atoms with van der Waals surface area (Å²) in [6.07, 6.45) is 3.40. The summed E-state index contributed by atoms with van der Waals surface area (Å²) < 4.78 is 0. The van der Waals surface area contributed by atoms with Crippen molar-refractivity contribution in [2.24, 2.45) is 0 Å². The molecular weight excluding hydrogens is 246 g/mol. The third kappa shape index (κ3) is 2.34. The molecule has 0 fully saturated rings. The molecular formula is C14H15NO2S. The van der Waals surface area contributed by atoms with Crippen molar-refractivity contribution in [1.82, 2.24) is 0 Å². The fourth-order valence-electron chi connectivity index (χ4n) is 1.95. The third-order valence-electron chi connectivity index (χ3n) is 2.89. The van der Waals surface area contributed by atoms with E-state index in [2.05, 4.69) is 6.58 Å². The van der Waals surface area contributed by atoms with E-state index in [1.165, 1.54) is 11.8 Å². The minimum absolute atomic E-state index is 0.107. The number of carbonyl (C=O) groups excluding carboxylic acids is 2. The molecule has 1 aromatic rings. The Bertz CT molecular complexity index is 499. The summed E-state index contributed by atoms with van der Waals surface area (Å²) in [4.78, 5) is 25.7. The highest BCUT2D eigenvalue weighted by Gasteiger charge is 2.30. The van der Waals surface area contributed by atoms with Gasteiger partial charge in [0, 0.05) is 17.0 Å². The van der Waals surface area contributed by atoms with E-state index in [4.69, 9.17) is 0 Å². The second kappa shape index (κ2) is 5.40. The molecule has 0 bridgehead atoms. The second-order valence-corrected chi connectivity index (χ2v) is 5.55. The Labute approximate surface area is 111 Å². The zero-order valence-electron chi connectivity index (χ0n) is 10.3. The van der Waals surface area contributed by atoms with Crippen LogP contribution in [0, 0.1) is 0 Å². The fraction of sp³-hybridized carbons (Fsp3) is 0.286. The molecule has 0 saturated heterocycles. The quantitative estimate of drug-likeness (QED) is 0.618. The summed E-state index contributed by atoms with van der Waals surface area (Å²) in [7, 11) is 0. The lowest BCUT2D eigenvalue weighted by atomic mass is 10.2. The predicted molar refractivity (Wildman–Crippen MR) is 74.3 cm³/mol. The monoisotopic (exact) mass is 261 g/mol. The van der Waals surface area contributed by atoms with Gasteiger partial charge in [-0.05, 0) is 31.5 Å². The Morgan fingerprint density at radius 2 is 2.28 bits per heavy atom. The van der Waals surface area contributed by atoms with Gasteiger partial charge >= 0.3 is 0 Å². The first-order valence-electron chi connectivity index (χ1n) is 5.85. The Morgan fingerprint density at radius 1 is 1.50 bits per heavy atom. The van der Waals surface area contributed by atoms with Gasteiger partial charge in [0.15, 0.2) is 0 Å². The van der Waals surface area contributed by atoms with Crippen molar-refractivity contribution in [3.63, 3.8) is 0 Å². The zero-order chi connectivity index (χ0) is 13.1. The zero-order valence-corrected chi connectivity index (χ0v) is 11.1. The van der Waals surface area contributed by atoms with Gasteiger partial charge < -0.3 is 4.90 Å². The molecule has 0 radical (unpaired) electrons. The highest BCUT2D eigenvalue weighted by Crippen LogP contribution is 2.39. The van der Waals surface area contributed by atoms with Crippen molar-refractivity contribution in [2.45, 2.75) is 23.5 Å². The average Bonchev–Trinajstić information content (AvgIpc) is 2.39. The standard InChI is InChI=1S/C14H15NO2S/c1-3-4-7-15-12-6-5-11(9-16)8-13(12)18-10(2)14(15)17/h3,5-6,8-10H,1,4,7H2,2H3. The molecule has 1 aliphatic rings. The van der Waals surface area contributed by atoms with Crippen molar-refractivity contribution in [3.05, 3.63) is 36.4 Å². The summed E-state index contributed by atoms with van der Waals surface area (Å²) in [5.41, 5.74) is 1.54. The molecule has 1 amide bonds. The number of fused-ring (bicyclic) bond motifs is 1. The van der Waals surface area contributed by atoms with E-state index >= 15 is 0 Å². The normalized spacial score (nSPS) is 18.4. The van der Waals surface area contributed by atoms with Gasteiger partial charge in [-0.2, -0.15) is 0 Å². The van der Waals surface area contributed by atoms with Crippen LogP contribution >= 0.6 is 11.8 Å². The number of hydrogen-bond acceptors (Lipinski definition) is 3. The molecule has 3 nitrogen and oxygen atoms in total. The van der Waals surface area contributed by atoms with Gasteiger partial charge in [0.25, 0.3) is 0 Å². The predicted octanol–water partition coefficient (Wildman–Crippen LogP) is 2.90. The molecule has 0 spiro atoms. The van der Waals surface area contributed by atoms with E-state index in [-0.39, 0.29) is 11.2 Å². The van der Waals surface area contributed by atoms with Crippen LogP contribution in [0.4, 0.5) is 5.69 Å². The van der Waals surface area contributed by atoms with E-state index in [9.17, 15) is 9.59 Å². The number of amides is 1. The molecule has 1 unspecified atom stereocenters. The van der Waals surface area contributed by atoms with Crippen molar-refractivity contribution >= 4 is 29.6 Å². The minimum Gasteiger partial charge on any atom is -0.310 e. The lowest BCUT2D eigenvalue weighted by Crippen LogP contribution is -2.40. The van der Waals surface area contributed by atoms with Gasteiger partial charge in [-0.1, -0.05) is 6.08 Å². The van der Waals surface area contributed by atoms with Crippen molar-refractivity contribution in [3.8, 4) is 0 Å². The van der Waals surface area contributed by atoms with Crippen LogP contribution in [0.1, 0.15) is 23.7 Å². The van der Waals surface area contributed by atoms with E-state index in [1.807, 2.05) is 19.1 Å². The largest absolute Gasteiger partial charge is 0.310 e. The van der Waals surface area contributed by atoms with Crippen LogP contribution < -0.4 is 4.90 Å². The van der Waals surface area contributed by atoms with E-state index < -0.39 is 0 Å². The van der Waals surface area contributed by atoms with Gasteiger partial charge in [0.05, 0.1) is 10.9 Å². The Kier molecular flexibility index (Phi) is 3.87. The topological polar surface area (TPSA) is 37.4 Å². The number of aldehydes is 1. The maximum atomic E-state index is 12.1. The third-order valence-corrected chi connectivity index (χ3v) is 4.02. The fourth-order valence-corrected chi connectivity index (χ4v) is 3.06. The molecule has 0 aliphatic carbocycles. The van der Waals surface area contributed by atoms with E-state index in [0.717, 1.165) is 23.3 Å². The molecule has 0 aromatic heterocycles. The molecule has 1 heterocycles. The first-order valence-corrected chi connectivity index (χ1v) is 6.73. The second-order valence-electron chi connectivity index (χ2n) is 4.17. The number of hydrogen-bond donors (Lipinski definition) is 0. The summed E-state index contributed by atoms with van der Waals surface area (Å²) in [5, 5.41) is -0.107. The Hall–Kier alpha value is -1.55. The molecule has 0 saturated carbocycles. The van der Waals surface area contributed by atoms with Gasteiger partial charge in [-0.25, -0.2) is 0 Å². The van der Waals surface area contributed by atoms with Crippen LogP contribution in [0.3, 0.4) is 0 Å². The highest BCUT2D eigenvalue weighted by atomic mass is 32.2. The molecule has 4 heteroatoms. The molecule has 18 heavy (non-hydrogen) atoms. The maximum absolute atomic E-state index is 12.1. The van der Waals surface area contributed by atoms with Crippen LogP contribution in [-0.4, -0.2) is 24.0 Å². The highest BCUT2D eigenvalue weighted by molar-refractivity contribution is 8.01. The van der Waals surface area contributed by atoms with Crippen molar-refractivity contribution in [1.29, 1.82) is 0 Å². The van der Waals surface area contributed by atoms with Gasteiger partial charge in [-0.15, -0.1) is 18.3 Å². The van der Waals surface area contributed by atoms with Crippen LogP contribution in [0.5, 0.6) is 0 Å². The molecule has 0 N–H and O–H groups in total. The molecule has 2 rings (SSSR count). The molecule has 1 aromatic carbocycles. The number of anilines is 1. The van der Waals surface area contributed by atoms with Gasteiger partial charge in [0.1, 0.15) is 6.29 Å². The number of benzene rings is 1. The first kappa shape index (κ1) is 12.9. The van der Waals surface area contributed by atoms with Crippen LogP contribution in [0.15, 0.2) is 35.7 Å². The van der Waals surface area contributed by atoms with Crippen LogP contribution in [-0.2, 0) is 4.79 Å². The smallest absolute Gasteiger partial charge is 0.240 e. The number of carbonyl (C=O) groups is 2. The van der Waals surface area contributed by atoms with Crippen molar-refractivity contribution in [2.75, 3.05) is 11.4 Å². The number of thioether (sulfide) groups is 1. The molecule has 94 valence electrons. The summed E-state index contributed by atoms with van der Waals surface area (Å²) in [6, 6.07) is 5.44. The van der Waals surface area contributed by atoms with Gasteiger partial charge in [0.2, 0.25) is 5.91 Å². The Balaban J connectivity index is 2.39. The lowest BCUT2D eigenvalue weighted by molar-refractivity contribution is -0.118. The minimum atomic E-state index is -0.107. The first-order chi connectivity index (χ1) is 8.67. The number of rotatable bonds is 4. The summed E-state index contributed by atoms with van der Waals surface area (Å²) in [5.74, 6) is 0.119. The average molecular weight is 261 g/mol. The maximum Gasteiger partial charge on any atom is 0.240 e. The van der Waals surface area contributed by atoms with Gasteiger partial charge in [-0.3, -0.25) is 9.59 Å². The molecule has 1 aliphatic heterocycles. The summed E-state index contributed by atoms with van der Waals surface area (Å²) in [6.45, 7) is 6.22. The van der Waals surface area contributed by atoms with Crippen molar-refractivity contribution < 1.29 is 9.59 Å². The summed E-state index contributed by atoms with van der Waals surface area (Å²) >= 11 is 1.51. The number of nitrogens with zero attached hydrogens (tertiary/aromatic N) is 1.